The molecule has 1 heterocycles. The van der Waals surface area contributed by atoms with Crippen LogP contribution in [0, 0.1) is 0 Å². The van der Waals surface area contributed by atoms with E-state index in [1.807, 2.05) is 41.2 Å². The number of hydrogen-bond donors (Lipinski definition) is 1. The molecule has 0 radical (unpaired) electrons. The zero-order valence-electron chi connectivity index (χ0n) is 16.3. The van der Waals surface area contributed by atoms with Gasteiger partial charge in [0.1, 0.15) is 0 Å². The van der Waals surface area contributed by atoms with Crippen LogP contribution < -0.4 is 14.8 Å². The van der Waals surface area contributed by atoms with Gasteiger partial charge >= 0.3 is 0 Å². The van der Waals surface area contributed by atoms with E-state index in [4.69, 9.17) is 21.1 Å². The summed E-state index contributed by atoms with van der Waals surface area (Å²) in [6.07, 6.45) is 4.88. The minimum Gasteiger partial charge on any atom is -0.493 e. The van der Waals surface area contributed by atoms with E-state index in [1.54, 1.807) is 7.11 Å². The molecule has 2 aromatic carbocycles. The van der Waals surface area contributed by atoms with E-state index in [-0.39, 0.29) is 0 Å². The van der Waals surface area contributed by atoms with Gasteiger partial charge in [-0.15, -0.1) is 0 Å². The Morgan fingerprint density at radius 1 is 1.07 bits per heavy atom. The van der Waals surface area contributed by atoms with Gasteiger partial charge in [-0.1, -0.05) is 48.9 Å². The minimum atomic E-state index is 0.570. The molecule has 5 nitrogen and oxygen atoms in total. The van der Waals surface area contributed by atoms with Crippen LogP contribution in [0.15, 0.2) is 54.9 Å². The summed E-state index contributed by atoms with van der Waals surface area (Å²) < 4.78 is 13.1. The molecule has 1 aromatic heterocycles. The summed E-state index contributed by atoms with van der Waals surface area (Å²) in [6, 6.07) is 14.2. The van der Waals surface area contributed by atoms with Crippen LogP contribution in [0.1, 0.15) is 30.0 Å². The first-order valence-corrected chi connectivity index (χ1v) is 9.82. The summed E-state index contributed by atoms with van der Waals surface area (Å²) in [7, 11) is 1.63. The summed E-state index contributed by atoms with van der Waals surface area (Å²) in [6.45, 7) is 4.84. The number of rotatable bonds is 10. The Labute approximate surface area is 171 Å². The molecule has 0 fully saturated rings. The summed E-state index contributed by atoms with van der Waals surface area (Å²) >= 11 is 6.38. The molecule has 0 unspecified atom stereocenters. The summed E-state index contributed by atoms with van der Waals surface area (Å²) in [5.41, 5.74) is 3.41. The van der Waals surface area contributed by atoms with Crippen LogP contribution in [0.4, 0.5) is 0 Å². The number of methoxy groups -OCH3 is 1. The average Bonchev–Trinajstić information content (AvgIpc) is 3.14. The summed E-state index contributed by atoms with van der Waals surface area (Å²) in [5, 5.41) is 8.44. The lowest BCUT2D eigenvalue weighted by molar-refractivity contribution is 0.294. The zero-order chi connectivity index (χ0) is 19.8. The Morgan fingerprint density at radius 2 is 1.86 bits per heavy atom. The van der Waals surface area contributed by atoms with Gasteiger partial charge in [0, 0.05) is 24.8 Å². The van der Waals surface area contributed by atoms with E-state index in [0.29, 0.717) is 29.7 Å². The van der Waals surface area contributed by atoms with Crippen molar-refractivity contribution in [3.05, 3.63) is 76.6 Å². The number of hydrogen-bond acceptors (Lipinski definition) is 4. The predicted molar refractivity (Wildman–Crippen MR) is 112 cm³/mol. The van der Waals surface area contributed by atoms with Gasteiger partial charge in [-0.3, -0.25) is 4.68 Å². The van der Waals surface area contributed by atoms with Crippen molar-refractivity contribution >= 4 is 11.6 Å². The first-order valence-electron chi connectivity index (χ1n) is 9.44. The fraction of sp³-hybridized carbons (Fsp3) is 0.318. The third-order valence-electron chi connectivity index (χ3n) is 4.27. The highest BCUT2D eigenvalue weighted by Crippen LogP contribution is 2.36. The molecule has 1 N–H and O–H groups in total. The Morgan fingerprint density at radius 3 is 2.61 bits per heavy atom. The third kappa shape index (κ3) is 5.50. The summed E-state index contributed by atoms with van der Waals surface area (Å²) in [5.74, 6) is 1.27. The van der Waals surface area contributed by atoms with Gasteiger partial charge in [0.25, 0.3) is 0 Å². The van der Waals surface area contributed by atoms with Crippen LogP contribution in [0.5, 0.6) is 11.5 Å². The molecule has 0 saturated heterocycles. The van der Waals surface area contributed by atoms with Crippen molar-refractivity contribution < 1.29 is 9.47 Å². The fourth-order valence-electron chi connectivity index (χ4n) is 2.93. The van der Waals surface area contributed by atoms with Crippen molar-refractivity contribution in [3.63, 3.8) is 0 Å². The van der Waals surface area contributed by atoms with E-state index < -0.39 is 0 Å². The van der Waals surface area contributed by atoms with Crippen molar-refractivity contribution in [2.75, 3.05) is 13.7 Å². The van der Waals surface area contributed by atoms with Crippen molar-refractivity contribution in [1.29, 1.82) is 0 Å². The van der Waals surface area contributed by atoms with Crippen LogP contribution in [-0.2, 0) is 19.6 Å². The lowest BCUT2D eigenvalue weighted by atomic mass is 10.2. The fourth-order valence-corrected chi connectivity index (χ4v) is 3.21. The quantitative estimate of drug-likeness (QED) is 0.538. The van der Waals surface area contributed by atoms with Gasteiger partial charge in [-0.25, -0.2) is 0 Å². The van der Waals surface area contributed by atoms with Crippen LogP contribution >= 0.6 is 11.6 Å². The van der Waals surface area contributed by atoms with Gasteiger partial charge in [0.2, 0.25) is 0 Å². The zero-order valence-corrected chi connectivity index (χ0v) is 17.1. The second kappa shape index (κ2) is 10.2. The Hall–Kier alpha value is -2.50. The van der Waals surface area contributed by atoms with Gasteiger partial charge in [0.05, 0.1) is 31.5 Å². The molecule has 0 aliphatic heterocycles. The van der Waals surface area contributed by atoms with Crippen LogP contribution in [-0.4, -0.2) is 23.5 Å². The standard InChI is InChI=1S/C22H26ClN3O2/c1-3-9-28-22-20(23)10-18(11-21(22)27-2)12-24-13-19-14-25-26(16-19)15-17-7-5-4-6-8-17/h4-8,10-11,14,16,24H,3,9,12-13,15H2,1-2H3. The molecule has 0 saturated carbocycles. The lowest BCUT2D eigenvalue weighted by Crippen LogP contribution is -2.12. The maximum atomic E-state index is 6.38. The molecule has 3 aromatic rings. The number of nitrogens with zero attached hydrogens (tertiary/aromatic N) is 2. The highest BCUT2D eigenvalue weighted by molar-refractivity contribution is 6.32. The number of ether oxygens (including phenoxy) is 2. The Bertz CT molecular complexity index is 881. The SMILES string of the molecule is CCCOc1c(Cl)cc(CNCc2cnn(Cc3ccccc3)c2)cc1OC. The van der Waals surface area contributed by atoms with Gasteiger partial charge in [0.15, 0.2) is 11.5 Å². The number of nitrogens with one attached hydrogen (secondary N) is 1. The molecule has 28 heavy (non-hydrogen) atoms. The molecule has 0 atom stereocenters. The monoisotopic (exact) mass is 399 g/mol. The highest BCUT2D eigenvalue weighted by Gasteiger charge is 2.12. The smallest absolute Gasteiger partial charge is 0.179 e. The third-order valence-corrected chi connectivity index (χ3v) is 4.55. The Balaban J connectivity index is 1.55. The molecule has 0 bridgehead atoms. The average molecular weight is 400 g/mol. The highest BCUT2D eigenvalue weighted by atomic mass is 35.5. The number of aromatic nitrogens is 2. The molecule has 0 aliphatic rings. The second-order valence-corrected chi connectivity index (χ2v) is 7.00. The topological polar surface area (TPSA) is 48.3 Å². The molecule has 0 aliphatic carbocycles. The number of halogens is 1. The predicted octanol–water partition coefficient (Wildman–Crippen LogP) is 4.67. The van der Waals surface area contributed by atoms with E-state index in [2.05, 4.69) is 35.7 Å². The van der Waals surface area contributed by atoms with E-state index in [9.17, 15) is 0 Å². The largest absolute Gasteiger partial charge is 0.493 e. The van der Waals surface area contributed by atoms with Crippen LogP contribution in [0.3, 0.4) is 0 Å². The molecular formula is C22H26ClN3O2. The van der Waals surface area contributed by atoms with Gasteiger partial charge < -0.3 is 14.8 Å². The molecule has 3 rings (SSSR count). The Kier molecular flexibility index (Phi) is 7.34. The van der Waals surface area contributed by atoms with Crippen molar-refractivity contribution in [1.82, 2.24) is 15.1 Å². The maximum absolute atomic E-state index is 6.38. The summed E-state index contributed by atoms with van der Waals surface area (Å²) in [4.78, 5) is 0. The van der Waals surface area contributed by atoms with E-state index in [1.165, 1.54) is 5.56 Å². The van der Waals surface area contributed by atoms with Crippen molar-refractivity contribution in [2.24, 2.45) is 0 Å². The van der Waals surface area contributed by atoms with Gasteiger partial charge in [-0.05, 0) is 29.7 Å². The first-order chi connectivity index (χ1) is 13.7. The second-order valence-electron chi connectivity index (χ2n) is 6.59. The molecule has 0 amide bonds. The molecule has 6 heteroatoms. The molecule has 0 spiro atoms. The van der Waals surface area contributed by atoms with E-state index >= 15 is 0 Å². The minimum absolute atomic E-state index is 0.570. The molecule has 148 valence electrons. The van der Waals surface area contributed by atoms with Crippen molar-refractivity contribution in [2.45, 2.75) is 33.0 Å². The maximum Gasteiger partial charge on any atom is 0.179 e. The molecular weight excluding hydrogens is 374 g/mol. The van der Waals surface area contributed by atoms with Crippen LogP contribution in [0.2, 0.25) is 5.02 Å². The van der Waals surface area contributed by atoms with E-state index in [0.717, 1.165) is 30.6 Å². The van der Waals surface area contributed by atoms with Gasteiger partial charge in [-0.2, -0.15) is 5.10 Å². The van der Waals surface area contributed by atoms with Crippen LogP contribution in [0.25, 0.3) is 0 Å². The normalized spacial score (nSPS) is 10.8. The lowest BCUT2D eigenvalue weighted by Gasteiger charge is -2.14. The van der Waals surface area contributed by atoms with Crippen molar-refractivity contribution in [3.8, 4) is 11.5 Å². The first kappa shape index (κ1) is 20.2. The number of benzene rings is 2.